The molecule has 0 bridgehead atoms. The van der Waals surface area contributed by atoms with Gasteiger partial charge in [0.15, 0.2) is 0 Å². The molecule has 3 heterocycles. The fourth-order valence-electron chi connectivity index (χ4n) is 2.52. The maximum absolute atomic E-state index is 10.6. The van der Waals surface area contributed by atoms with Gasteiger partial charge >= 0.3 is 0 Å². The Morgan fingerprint density at radius 1 is 0.544 bits per heavy atom. The molecule has 3 aromatic heterocycles. The number of Topliss-reactive ketones (excluding diaryl/α,β-unsaturated/α-hetero) is 3. The van der Waals surface area contributed by atoms with Gasteiger partial charge in [-0.05, 0) is 32.2 Å². The summed E-state index contributed by atoms with van der Waals surface area (Å²) in [6.07, 6.45) is 0. The summed E-state index contributed by atoms with van der Waals surface area (Å²) < 4.78 is 8.45. The van der Waals surface area contributed by atoms with E-state index in [1.165, 1.54) is 32.3 Å². The number of hydrogen-bond donors (Lipinski definition) is 1. The van der Waals surface area contributed by atoms with Gasteiger partial charge in [-0.25, -0.2) is 15.5 Å². The molecule has 1 N–H and O–H groups in total. The fraction of sp³-hybridized carbons (Fsp3) is 0.286. The van der Waals surface area contributed by atoms with Gasteiger partial charge in [0.2, 0.25) is 0 Å². The van der Waals surface area contributed by atoms with E-state index in [4.69, 9.17) is 0 Å². The van der Waals surface area contributed by atoms with Crippen molar-refractivity contribution in [1.82, 2.24) is 19.7 Å². The fourth-order valence-corrected chi connectivity index (χ4v) is 3.07. The molecule has 0 aliphatic rings. The number of H-pyrrole nitrogens is 1. The Kier molecular flexibility index (Phi) is 79.3. The van der Waals surface area contributed by atoms with Crippen LogP contribution in [0.2, 0.25) is 0 Å². The number of carbonyl (C=O) groups excluding carboxylic acids is 3. The van der Waals surface area contributed by atoms with Gasteiger partial charge in [0.05, 0.1) is 0 Å². The third-order valence-corrected chi connectivity index (χ3v) is 5.25. The average Bonchev–Trinajstić information content (AvgIpc) is 3.96. The summed E-state index contributed by atoms with van der Waals surface area (Å²) in [7, 11) is 0. The predicted octanol–water partition coefficient (Wildman–Crippen LogP) is 10.7. The van der Waals surface area contributed by atoms with Gasteiger partial charge in [0, 0.05) is 184 Å². The van der Waals surface area contributed by atoms with Crippen molar-refractivity contribution in [2.75, 3.05) is 0 Å². The first-order valence-corrected chi connectivity index (χ1v) is 17.3. The van der Waals surface area contributed by atoms with Crippen molar-refractivity contribution in [3.63, 3.8) is 0 Å². The number of ketones is 3. The third-order valence-electron chi connectivity index (χ3n) is 4.60. The van der Waals surface area contributed by atoms with Gasteiger partial charge in [-0.2, -0.15) is 121 Å². The zero-order chi connectivity index (χ0) is 39.3. The van der Waals surface area contributed by atoms with Crippen LogP contribution in [0.4, 0.5) is 0 Å². The quantitative estimate of drug-likeness (QED) is 0.138. The molecule has 0 atom stereocenters. The van der Waals surface area contributed by atoms with Crippen LogP contribution in [-0.4, -0.2) is 37.1 Å². The van der Waals surface area contributed by atoms with Crippen molar-refractivity contribution in [2.24, 2.45) is 0 Å². The Labute approximate surface area is 465 Å². The number of benzene rings is 3. The Bertz CT molecular complexity index is 1370. The Hall–Kier alpha value is 0.0966. The van der Waals surface area contributed by atoms with Crippen LogP contribution < -0.4 is 0 Å². The number of aromatic nitrogens is 4. The van der Waals surface area contributed by atoms with E-state index in [0.717, 1.165) is 10.6 Å². The predicted molar refractivity (Wildman–Crippen MR) is 208 cm³/mol. The van der Waals surface area contributed by atoms with E-state index in [1.54, 1.807) is 13.8 Å². The zero-order valence-electron chi connectivity index (χ0n) is 35.0. The summed E-state index contributed by atoms with van der Waals surface area (Å²) in [6, 6.07) is 45.7. The van der Waals surface area contributed by atoms with Crippen LogP contribution in [0.3, 0.4) is 0 Å². The summed E-state index contributed by atoms with van der Waals surface area (Å²) >= 11 is 1.31. The molecule has 0 aliphatic carbocycles. The van der Waals surface area contributed by atoms with E-state index < -0.39 is 0 Å². The summed E-state index contributed by atoms with van der Waals surface area (Å²) in [5.74, 6) is 0.353. The molecule has 0 amide bonds. The molecular weight excluding hydrogens is 1470 g/mol. The monoisotopic (exact) mass is 1530 g/mol. The molecule has 0 unspecified atom stereocenters. The van der Waals surface area contributed by atoms with Gasteiger partial charge in [0.25, 0.3) is 0 Å². The minimum absolute atomic E-state index is 0. The summed E-state index contributed by atoms with van der Waals surface area (Å²) in [4.78, 5) is 32.6. The third kappa shape index (κ3) is 50.4. The standard InChI is InChI=1S/C6H7N2O.C6H6NO2.C6H6NOS.3C6H5.3C2H6.3W.3Y/c1-4-3-6(5(2)9)8-7-4;2*1-4-3-6(5(2)8)7-9-4;3*1-2-4-6-5-3-1;3*1-2;;;;;;/h1-2H3,(H,7,8);2*1-2H3;3*1-5H;3*1-2H3;;;;;;/q6*-1;;;;;;;;;. The number of carbonyl (C=O) groups is 3. The van der Waals surface area contributed by atoms with Crippen LogP contribution in [0.25, 0.3) is 0 Å². The van der Waals surface area contributed by atoms with E-state index in [1.807, 2.05) is 139 Å². The smallest absolute Gasteiger partial charge is 0.0450 e. The van der Waals surface area contributed by atoms with Crippen LogP contribution in [0.5, 0.6) is 0 Å². The number of nitrogens with zero attached hydrogens (tertiary/aromatic N) is 3. The van der Waals surface area contributed by atoms with Crippen molar-refractivity contribution in [1.29, 1.82) is 0 Å². The first-order chi connectivity index (χ1) is 24.6. The van der Waals surface area contributed by atoms with Crippen molar-refractivity contribution >= 4 is 28.9 Å². The van der Waals surface area contributed by atoms with Crippen LogP contribution in [-0.2, 0) is 161 Å². The molecule has 0 fully saturated rings. The first-order valence-electron chi connectivity index (χ1n) is 16.5. The molecule has 3 aromatic carbocycles. The van der Waals surface area contributed by atoms with E-state index in [2.05, 4.69) is 60.6 Å². The number of hydrogen-bond acceptors (Lipinski definition) is 8. The molecule has 0 saturated carbocycles. The summed E-state index contributed by atoms with van der Waals surface area (Å²) in [5, 5.41) is 9.74. The summed E-state index contributed by atoms with van der Waals surface area (Å²) in [5.41, 5.74) is 1.90. The molecule has 0 spiro atoms. The van der Waals surface area contributed by atoms with Crippen molar-refractivity contribution in [2.45, 2.75) is 83.1 Å². The van der Waals surface area contributed by atoms with Gasteiger partial charge in [-0.3, -0.25) is 0 Å². The normalized spacial score (nSPS) is 7.37. The molecule has 0 aliphatic heterocycles. The number of aromatic amines is 1. The number of rotatable bonds is 3. The molecule has 57 heavy (non-hydrogen) atoms. The van der Waals surface area contributed by atoms with Gasteiger partial charge in [-0.1, -0.05) is 90.1 Å². The maximum atomic E-state index is 10.6. The van der Waals surface area contributed by atoms with E-state index >= 15 is 0 Å². The van der Waals surface area contributed by atoms with E-state index in [9.17, 15) is 14.4 Å². The Balaban J connectivity index is -0.0000000665. The van der Waals surface area contributed by atoms with Crippen molar-refractivity contribution in [3.05, 3.63) is 161 Å². The second-order valence-electron chi connectivity index (χ2n) is 8.65. The molecule has 303 valence electrons. The van der Waals surface area contributed by atoms with E-state index in [-0.39, 0.29) is 184 Å². The van der Waals surface area contributed by atoms with Crippen LogP contribution in [0, 0.1) is 57.2 Å². The Morgan fingerprint density at radius 3 is 1.02 bits per heavy atom. The minimum atomic E-state index is -0.119. The molecule has 3 radical (unpaired) electrons. The molecular formula is C42H52N4O4SW3Y3-6. The van der Waals surface area contributed by atoms with E-state index in [0.29, 0.717) is 17.1 Å². The topological polar surface area (TPSA) is 119 Å². The molecule has 0 saturated heterocycles. The molecule has 6 aromatic rings. The van der Waals surface area contributed by atoms with Crippen molar-refractivity contribution < 1.29 is 180 Å². The average molecular weight is 1530 g/mol. The number of aryl methyl sites for hydroxylation is 3. The van der Waals surface area contributed by atoms with Crippen LogP contribution in [0.15, 0.2) is 95.5 Å². The van der Waals surface area contributed by atoms with Gasteiger partial charge in [0.1, 0.15) is 0 Å². The molecule has 15 heteroatoms. The number of nitrogens with one attached hydrogen (secondary N) is 1. The minimum Gasteiger partial charge on any atom is -0.405 e. The largest absolute Gasteiger partial charge is 0.405 e. The van der Waals surface area contributed by atoms with Crippen LogP contribution in [0.1, 0.15) is 110 Å². The van der Waals surface area contributed by atoms with Gasteiger partial charge in [-0.15, -0.1) is 5.16 Å². The SMILES string of the molecule is CC.CC.CC.CC(=O)c1[c-]c(C)[nH]n1.CC(=O)c1[c-]c(C)on1.CC(=O)c1[c-]c(C)sn1.[W].[W].[W].[Y].[Y].[Y].[c-]1ccccc1.[c-]1ccccc1.[c-]1ccccc1. The first kappa shape index (κ1) is 77.7. The van der Waals surface area contributed by atoms with Crippen LogP contribution >= 0.6 is 11.5 Å². The molecule has 8 nitrogen and oxygen atoms in total. The second-order valence-corrected chi connectivity index (χ2v) is 9.63. The second kappa shape index (κ2) is 58.2. The van der Waals surface area contributed by atoms with Crippen molar-refractivity contribution in [3.8, 4) is 0 Å². The zero-order valence-corrected chi connectivity index (χ0v) is 53.1. The summed E-state index contributed by atoms with van der Waals surface area (Å²) in [6.45, 7) is 21.8. The van der Waals surface area contributed by atoms with Gasteiger partial charge < -0.3 is 24.0 Å². The maximum Gasteiger partial charge on any atom is 0.0450 e. The Morgan fingerprint density at radius 2 is 0.895 bits per heavy atom. The molecule has 6 rings (SSSR count).